The van der Waals surface area contributed by atoms with Gasteiger partial charge >= 0.3 is 0 Å². The van der Waals surface area contributed by atoms with Crippen molar-refractivity contribution in [3.05, 3.63) is 108 Å². The Morgan fingerprint density at radius 3 is 0.949 bits per heavy atom. The summed E-state index contributed by atoms with van der Waals surface area (Å²) in [5.41, 5.74) is 21.4. The molecule has 0 bridgehead atoms. The molecule has 0 saturated heterocycles. The number of carbonyl (C=O) groups excluding carboxylic acids is 3. The molecule has 9 heteroatoms. The predicted octanol–water partition coefficient (Wildman–Crippen LogP) is 4.26. The molecule has 4 aromatic rings. The molecule has 4 aromatic carbocycles. The van der Waals surface area contributed by atoms with Gasteiger partial charge in [-0.05, 0) is 72.8 Å². The zero-order valence-corrected chi connectivity index (χ0v) is 22.0. The fourth-order valence-corrected chi connectivity index (χ4v) is 4.13. The Bertz CT molecular complexity index is 1370. The van der Waals surface area contributed by atoms with Crippen molar-refractivity contribution >= 4 is 51.8 Å². The normalized spacial score (nSPS) is 10.5. The third-order valence-electron chi connectivity index (χ3n) is 6.36. The van der Waals surface area contributed by atoms with Gasteiger partial charge < -0.3 is 31.9 Å². The summed E-state index contributed by atoms with van der Waals surface area (Å²) in [5.74, 6) is -1.24. The maximum atomic E-state index is 13.6. The lowest BCUT2D eigenvalue weighted by Gasteiger charge is -2.22. The zero-order chi connectivity index (χ0) is 28.3. The van der Waals surface area contributed by atoms with Gasteiger partial charge in [0.25, 0.3) is 17.7 Å². The van der Waals surface area contributed by atoms with Crippen LogP contribution in [0.15, 0.2) is 91.0 Å². The van der Waals surface area contributed by atoms with Crippen LogP contribution in [0.1, 0.15) is 31.1 Å². The predicted molar refractivity (Wildman–Crippen MR) is 157 cm³/mol. The second kappa shape index (κ2) is 11.0. The summed E-state index contributed by atoms with van der Waals surface area (Å²) in [5, 5.41) is 0. The molecule has 0 spiro atoms. The van der Waals surface area contributed by atoms with Crippen molar-refractivity contribution in [3.63, 3.8) is 0 Å². The standard InChI is InChI=1S/C30H30N6O3/c1-34(25-10-4-7-22(31)16-25)28(37)19-13-20(29(38)35(2)26-11-5-8-23(32)17-26)15-21(14-19)30(39)36(3)27-12-6-9-24(33)18-27/h4-18H,31-33H2,1-3H3. The first kappa shape index (κ1) is 26.7. The van der Waals surface area contributed by atoms with Crippen LogP contribution in [-0.2, 0) is 0 Å². The maximum Gasteiger partial charge on any atom is 0.258 e. The molecule has 6 N–H and O–H groups in total. The fourth-order valence-electron chi connectivity index (χ4n) is 4.13. The fraction of sp³-hybridized carbons (Fsp3) is 0.100. The van der Waals surface area contributed by atoms with E-state index in [9.17, 15) is 14.4 Å². The van der Waals surface area contributed by atoms with Crippen LogP contribution >= 0.6 is 0 Å². The Hall–Kier alpha value is -5.31. The van der Waals surface area contributed by atoms with E-state index in [-0.39, 0.29) is 16.7 Å². The average molecular weight is 523 g/mol. The van der Waals surface area contributed by atoms with E-state index in [2.05, 4.69) is 0 Å². The van der Waals surface area contributed by atoms with Crippen LogP contribution in [0.3, 0.4) is 0 Å². The van der Waals surface area contributed by atoms with E-state index in [1.54, 1.807) is 93.9 Å². The number of nitrogens with zero attached hydrogens (tertiary/aromatic N) is 3. The Labute approximate surface area is 227 Å². The molecular formula is C30H30N6O3. The molecule has 0 fully saturated rings. The molecule has 4 rings (SSSR count). The number of hydrogen-bond acceptors (Lipinski definition) is 6. The number of nitrogens with two attached hydrogens (primary N) is 3. The van der Waals surface area contributed by atoms with Crippen molar-refractivity contribution in [2.24, 2.45) is 0 Å². The second-order valence-electron chi connectivity index (χ2n) is 9.18. The van der Waals surface area contributed by atoms with E-state index in [0.717, 1.165) is 0 Å². The van der Waals surface area contributed by atoms with Crippen LogP contribution in [0.2, 0.25) is 0 Å². The molecule has 198 valence electrons. The SMILES string of the molecule is CN(C(=O)c1cc(C(=O)N(C)c2cccc(N)c2)cc(C(=O)N(C)c2cccc(N)c2)c1)c1cccc(N)c1. The van der Waals surface area contributed by atoms with Gasteiger partial charge in [-0.2, -0.15) is 0 Å². The summed E-state index contributed by atoms with van der Waals surface area (Å²) in [7, 11) is 4.81. The van der Waals surface area contributed by atoms with Crippen LogP contribution in [0, 0.1) is 0 Å². The van der Waals surface area contributed by atoms with Crippen molar-refractivity contribution in [1.82, 2.24) is 0 Å². The lowest BCUT2D eigenvalue weighted by atomic mass is 10.0. The molecule has 0 aliphatic carbocycles. The number of benzene rings is 4. The van der Waals surface area contributed by atoms with Gasteiger partial charge in [0, 0.05) is 72.0 Å². The van der Waals surface area contributed by atoms with Gasteiger partial charge in [0.2, 0.25) is 0 Å². The third kappa shape index (κ3) is 5.83. The molecule has 0 aromatic heterocycles. The van der Waals surface area contributed by atoms with Crippen LogP contribution in [-0.4, -0.2) is 38.9 Å². The monoisotopic (exact) mass is 522 g/mol. The zero-order valence-electron chi connectivity index (χ0n) is 22.0. The number of amides is 3. The van der Waals surface area contributed by atoms with Crippen molar-refractivity contribution in [3.8, 4) is 0 Å². The minimum Gasteiger partial charge on any atom is -0.399 e. The summed E-state index contributed by atoms with van der Waals surface area (Å²) in [6.45, 7) is 0. The summed E-state index contributed by atoms with van der Waals surface area (Å²) in [6.07, 6.45) is 0. The van der Waals surface area contributed by atoms with Gasteiger partial charge in [0.1, 0.15) is 0 Å². The summed E-state index contributed by atoms with van der Waals surface area (Å²) >= 11 is 0. The van der Waals surface area contributed by atoms with Crippen LogP contribution in [0.25, 0.3) is 0 Å². The van der Waals surface area contributed by atoms with Gasteiger partial charge in [-0.1, -0.05) is 18.2 Å². The van der Waals surface area contributed by atoms with Crippen molar-refractivity contribution < 1.29 is 14.4 Å². The Morgan fingerprint density at radius 1 is 0.462 bits per heavy atom. The Morgan fingerprint density at radius 2 is 0.718 bits per heavy atom. The molecule has 0 heterocycles. The minimum atomic E-state index is -0.414. The first-order chi connectivity index (χ1) is 18.5. The van der Waals surface area contributed by atoms with Crippen molar-refractivity contribution in [1.29, 1.82) is 0 Å². The first-order valence-corrected chi connectivity index (χ1v) is 12.1. The number of hydrogen-bond donors (Lipinski definition) is 3. The molecule has 0 radical (unpaired) electrons. The number of rotatable bonds is 6. The highest BCUT2D eigenvalue weighted by molar-refractivity contribution is 6.14. The highest BCUT2D eigenvalue weighted by Crippen LogP contribution is 2.25. The Balaban J connectivity index is 1.77. The minimum absolute atomic E-state index is 0.163. The van der Waals surface area contributed by atoms with E-state index >= 15 is 0 Å². The summed E-state index contributed by atoms with van der Waals surface area (Å²) < 4.78 is 0. The van der Waals surface area contributed by atoms with E-state index in [0.29, 0.717) is 34.1 Å². The van der Waals surface area contributed by atoms with Crippen molar-refractivity contribution in [2.45, 2.75) is 0 Å². The number of carbonyl (C=O) groups is 3. The number of anilines is 6. The third-order valence-corrected chi connectivity index (χ3v) is 6.36. The molecule has 39 heavy (non-hydrogen) atoms. The van der Waals surface area contributed by atoms with Crippen molar-refractivity contribution in [2.75, 3.05) is 53.0 Å². The summed E-state index contributed by atoms with van der Waals surface area (Å²) in [6, 6.07) is 25.1. The summed E-state index contributed by atoms with van der Waals surface area (Å²) in [4.78, 5) is 45.0. The molecule has 0 aliphatic heterocycles. The molecule has 0 aliphatic rings. The quantitative estimate of drug-likeness (QED) is 0.323. The van der Waals surface area contributed by atoms with Gasteiger partial charge in [-0.15, -0.1) is 0 Å². The van der Waals surface area contributed by atoms with Crippen LogP contribution in [0.4, 0.5) is 34.1 Å². The highest BCUT2D eigenvalue weighted by atomic mass is 16.2. The maximum absolute atomic E-state index is 13.6. The van der Waals surface area contributed by atoms with E-state index in [1.165, 1.54) is 32.9 Å². The number of nitrogen functional groups attached to an aromatic ring is 3. The lowest BCUT2D eigenvalue weighted by molar-refractivity contribution is 0.0992. The molecular weight excluding hydrogens is 492 g/mol. The van der Waals surface area contributed by atoms with Gasteiger partial charge in [-0.3, -0.25) is 14.4 Å². The highest BCUT2D eigenvalue weighted by Gasteiger charge is 2.23. The van der Waals surface area contributed by atoms with Gasteiger partial charge in [-0.25, -0.2) is 0 Å². The first-order valence-electron chi connectivity index (χ1n) is 12.1. The largest absolute Gasteiger partial charge is 0.399 e. The van der Waals surface area contributed by atoms with E-state index < -0.39 is 17.7 Å². The molecule has 9 nitrogen and oxygen atoms in total. The molecule has 3 amide bonds. The molecule has 0 unspecified atom stereocenters. The van der Waals surface area contributed by atoms with Gasteiger partial charge in [0.15, 0.2) is 0 Å². The topological polar surface area (TPSA) is 139 Å². The van der Waals surface area contributed by atoms with Crippen LogP contribution in [0.5, 0.6) is 0 Å². The second-order valence-corrected chi connectivity index (χ2v) is 9.18. The van der Waals surface area contributed by atoms with Gasteiger partial charge in [0.05, 0.1) is 0 Å². The lowest BCUT2D eigenvalue weighted by Crippen LogP contribution is -2.31. The van der Waals surface area contributed by atoms with Crippen LogP contribution < -0.4 is 31.9 Å². The average Bonchev–Trinajstić information content (AvgIpc) is 2.94. The Kier molecular flexibility index (Phi) is 7.53. The molecule has 0 atom stereocenters. The molecule has 0 saturated carbocycles. The smallest absolute Gasteiger partial charge is 0.258 e. The van der Waals surface area contributed by atoms with E-state index in [4.69, 9.17) is 17.2 Å². The van der Waals surface area contributed by atoms with E-state index in [1.807, 2.05) is 0 Å².